The van der Waals surface area contributed by atoms with E-state index in [-0.39, 0.29) is 6.09 Å². The molecule has 1 amide bonds. The third-order valence-electron chi connectivity index (χ3n) is 4.46. The topological polar surface area (TPSA) is 41.6 Å². The first-order valence-corrected chi connectivity index (χ1v) is 9.09. The van der Waals surface area contributed by atoms with Gasteiger partial charge in [-0.2, -0.15) is 0 Å². The quantitative estimate of drug-likeness (QED) is 0.864. The van der Waals surface area contributed by atoms with E-state index in [1.807, 2.05) is 20.8 Å². The Morgan fingerprint density at radius 2 is 1.96 bits per heavy atom. The SMILES string of the molecule is CC(C)(C)OC(=O)N1CC(NC2CC(c3cccc(Br)c3)C2)C1. The fraction of sp³-hybridized carbons (Fsp3) is 0.611. The Hall–Kier alpha value is -1.07. The Bertz CT molecular complexity index is 573. The van der Waals surface area contributed by atoms with E-state index in [0.29, 0.717) is 18.0 Å². The number of halogens is 1. The Balaban J connectivity index is 1.37. The van der Waals surface area contributed by atoms with Gasteiger partial charge in [0.1, 0.15) is 5.60 Å². The van der Waals surface area contributed by atoms with E-state index in [0.717, 1.165) is 17.6 Å². The van der Waals surface area contributed by atoms with Gasteiger partial charge in [-0.3, -0.25) is 0 Å². The van der Waals surface area contributed by atoms with Crippen molar-refractivity contribution in [1.29, 1.82) is 0 Å². The van der Waals surface area contributed by atoms with Gasteiger partial charge in [0.05, 0.1) is 0 Å². The van der Waals surface area contributed by atoms with Crippen LogP contribution in [0.2, 0.25) is 0 Å². The van der Waals surface area contributed by atoms with Crippen molar-refractivity contribution < 1.29 is 9.53 Å². The molecule has 1 heterocycles. The van der Waals surface area contributed by atoms with Crippen LogP contribution in [0.25, 0.3) is 0 Å². The normalized spacial score (nSPS) is 24.8. The lowest BCUT2D eigenvalue weighted by atomic mass is 9.75. The van der Waals surface area contributed by atoms with Gasteiger partial charge in [0, 0.05) is 29.6 Å². The lowest BCUT2D eigenvalue weighted by molar-refractivity contribution is 0.00259. The molecule has 2 fully saturated rings. The molecule has 5 heteroatoms. The molecule has 0 aromatic heterocycles. The Morgan fingerprint density at radius 1 is 1.26 bits per heavy atom. The third-order valence-corrected chi connectivity index (χ3v) is 4.96. The molecule has 1 aromatic rings. The second-order valence-electron chi connectivity index (χ2n) is 7.67. The van der Waals surface area contributed by atoms with E-state index in [1.165, 1.54) is 18.4 Å². The second kappa shape index (κ2) is 6.44. The van der Waals surface area contributed by atoms with E-state index in [2.05, 4.69) is 45.5 Å². The molecule has 1 aliphatic heterocycles. The number of amides is 1. The number of carbonyl (C=O) groups is 1. The average Bonchev–Trinajstić information content (AvgIpc) is 2.32. The number of benzene rings is 1. The van der Waals surface area contributed by atoms with Crippen LogP contribution >= 0.6 is 15.9 Å². The van der Waals surface area contributed by atoms with Gasteiger partial charge in [0.25, 0.3) is 0 Å². The number of nitrogens with one attached hydrogen (secondary N) is 1. The maximum Gasteiger partial charge on any atom is 0.410 e. The van der Waals surface area contributed by atoms with Crippen LogP contribution in [0.4, 0.5) is 4.79 Å². The number of hydrogen-bond acceptors (Lipinski definition) is 3. The van der Waals surface area contributed by atoms with Crippen molar-refractivity contribution in [3.63, 3.8) is 0 Å². The summed E-state index contributed by atoms with van der Waals surface area (Å²) >= 11 is 3.54. The molecule has 4 nitrogen and oxygen atoms in total. The van der Waals surface area contributed by atoms with Crippen LogP contribution in [-0.2, 0) is 4.74 Å². The molecule has 0 spiro atoms. The van der Waals surface area contributed by atoms with E-state index in [4.69, 9.17) is 4.74 Å². The summed E-state index contributed by atoms with van der Waals surface area (Å²) in [5.41, 5.74) is 1.00. The highest BCUT2D eigenvalue weighted by molar-refractivity contribution is 9.10. The van der Waals surface area contributed by atoms with Gasteiger partial charge in [-0.15, -0.1) is 0 Å². The van der Waals surface area contributed by atoms with Gasteiger partial charge >= 0.3 is 6.09 Å². The zero-order valence-electron chi connectivity index (χ0n) is 14.0. The average molecular weight is 381 g/mol. The monoisotopic (exact) mass is 380 g/mol. The molecule has 23 heavy (non-hydrogen) atoms. The summed E-state index contributed by atoms with van der Waals surface area (Å²) < 4.78 is 6.53. The van der Waals surface area contributed by atoms with Crippen molar-refractivity contribution in [3.05, 3.63) is 34.3 Å². The van der Waals surface area contributed by atoms with Crippen LogP contribution in [0, 0.1) is 0 Å². The molecule has 1 saturated carbocycles. The first-order chi connectivity index (χ1) is 10.8. The van der Waals surface area contributed by atoms with Crippen LogP contribution < -0.4 is 5.32 Å². The Kier molecular flexibility index (Phi) is 4.70. The second-order valence-corrected chi connectivity index (χ2v) is 8.58. The molecule has 0 bridgehead atoms. The summed E-state index contributed by atoms with van der Waals surface area (Å²) in [6.07, 6.45) is 2.16. The molecule has 126 valence electrons. The van der Waals surface area contributed by atoms with E-state index >= 15 is 0 Å². The van der Waals surface area contributed by atoms with Gasteiger partial charge in [0.15, 0.2) is 0 Å². The first kappa shape index (κ1) is 16.8. The van der Waals surface area contributed by atoms with Gasteiger partial charge in [-0.25, -0.2) is 4.79 Å². The van der Waals surface area contributed by atoms with Crippen molar-refractivity contribution in [1.82, 2.24) is 10.2 Å². The fourth-order valence-corrected chi connectivity index (χ4v) is 3.60. The first-order valence-electron chi connectivity index (χ1n) is 8.29. The predicted molar refractivity (Wildman–Crippen MR) is 94.6 cm³/mol. The maximum atomic E-state index is 11.9. The summed E-state index contributed by atoms with van der Waals surface area (Å²) in [6, 6.07) is 9.58. The number of hydrogen-bond donors (Lipinski definition) is 1. The number of nitrogens with zero attached hydrogens (tertiary/aromatic N) is 1. The Morgan fingerprint density at radius 3 is 2.57 bits per heavy atom. The molecular formula is C18H25BrN2O2. The fourth-order valence-electron chi connectivity index (χ4n) is 3.18. The molecule has 0 unspecified atom stereocenters. The molecule has 3 rings (SSSR count). The number of rotatable bonds is 3. The minimum Gasteiger partial charge on any atom is -0.444 e. The van der Waals surface area contributed by atoms with Gasteiger partial charge in [-0.05, 0) is 57.2 Å². The number of ether oxygens (including phenoxy) is 1. The van der Waals surface area contributed by atoms with Crippen LogP contribution in [0.5, 0.6) is 0 Å². The van der Waals surface area contributed by atoms with Crippen molar-refractivity contribution in [2.45, 2.75) is 57.2 Å². The summed E-state index contributed by atoms with van der Waals surface area (Å²) in [4.78, 5) is 13.7. The van der Waals surface area contributed by atoms with Crippen molar-refractivity contribution >= 4 is 22.0 Å². The van der Waals surface area contributed by atoms with Gasteiger partial charge < -0.3 is 15.0 Å². The largest absolute Gasteiger partial charge is 0.444 e. The molecule has 2 aliphatic rings. The number of carbonyl (C=O) groups excluding carboxylic acids is 1. The molecule has 1 aliphatic carbocycles. The zero-order chi connectivity index (χ0) is 16.6. The van der Waals surface area contributed by atoms with E-state index in [9.17, 15) is 4.79 Å². The van der Waals surface area contributed by atoms with E-state index in [1.54, 1.807) is 4.90 Å². The minimum atomic E-state index is -0.416. The van der Waals surface area contributed by atoms with Crippen LogP contribution in [-0.4, -0.2) is 41.8 Å². The number of likely N-dealkylation sites (tertiary alicyclic amines) is 1. The van der Waals surface area contributed by atoms with Gasteiger partial charge in [-0.1, -0.05) is 28.1 Å². The smallest absolute Gasteiger partial charge is 0.410 e. The molecule has 0 atom stereocenters. The van der Waals surface area contributed by atoms with E-state index < -0.39 is 5.60 Å². The van der Waals surface area contributed by atoms with Crippen LogP contribution in [0.3, 0.4) is 0 Å². The summed E-state index contributed by atoms with van der Waals surface area (Å²) in [5, 5.41) is 3.65. The highest BCUT2D eigenvalue weighted by Gasteiger charge is 2.38. The Labute approximate surface area is 146 Å². The third kappa shape index (κ3) is 4.27. The molecular weight excluding hydrogens is 356 g/mol. The summed E-state index contributed by atoms with van der Waals surface area (Å²) in [7, 11) is 0. The zero-order valence-corrected chi connectivity index (χ0v) is 15.6. The molecule has 1 aromatic carbocycles. The summed E-state index contributed by atoms with van der Waals surface area (Å²) in [5.74, 6) is 0.659. The highest BCUT2D eigenvalue weighted by Crippen LogP contribution is 2.38. The van der Waals surface area contributed by atoms with Crippen molar-refractivity contribution in [2.24, 2.45) is 0 Å². The van der Waals surface area contributed by atoms with Crippen LogP contribution in [0.1, 0.15) is 45.1 Å². The van der Waals surface area contributed by atoms with Gasteiger partial charge in [0.2, 0.25) is 0 Å². The highest BCUT2D eigenvalue weighted by atomic mass is 79.9. The lowest BCUT2D eigenvalue weighted by Crippen LogP contribution is -2.63. The summed E-state index contributed by atoms with van der Waals surface area (Å²) in [6.45, 7) is 7.21. The minimum absolute atomic E-state index is 0.198. The standard InChI is InChI=1S/C18H25BrN2O2/c1-18(2,3)23-17(22)21-10-16(11-21)20-15-8-13(9-15)12-5-4-6-14(19)7-12/h4-7,13,15-16,20H,8-11H2,1-3H3. The molecule has 1 N–H and O–H groups in total. The lowest BCUT2D eigenvalue weighted by Gasteiger charge is -2.45. The van der Waals surface area contributed by atoms with Crippen LogP contribution in [0.15, 0.2) is 28.7 Å². The molecule has 1 saturated heterocycles. The van der Waals surface area contributed by atoms with Crippen molar-refractivity contribution in [2.75, 3.05) is 13.1 Å². The maximum absolute atomic E-state index is 11.9. The molecule has 0 radical (unpaired) electrons. The van der Waals surface area contributed by atoms with Crippen molar-refractivity contribution in [3.8, 4) is 0 Å². The predicted octanol–water partition coefficient (Wildman–Crippen LogP) is 3.90.